The van der Waals surface area contributed by atoms with Crippen LogP contribution in [0.1, 0.15) is 49.6 Å². The van der Waals surface area contributed by atoms with Gasteiger partial charge in [0.2, 0.25) is 21.7 Å². The molecule has 1 fully saturated rings. The minimum Gasteiger partial charge on any atom is -0.493 e. The summed E-state index contributed by atoms with van der Waals surface area (Å²) in [5.74, 6) is 2.26. The first kappa shape index (κ1) is 24.2. The highest BCUT2D eigenvalue weighted by atomic mass is 32.2. The number of ether oxygens (including phenoxy) is 2. The maximum Gasteiger partial charge on any atom is 0.243 e. The van der Waals surface area contributed by atoms with Crippen molar-refractivity contribution in [2.45, 2.75) is 57.5 Å². The van der Waals surface area contributed by atoms with Gasteiger partial charge in [0.1, 0.15) is 0 Å². The highest BCUT2D eigenvalue weighted by molar-refractivity contribution is 7.89. The van der Waals surface area contributed by atoms with Gasteiger partial charge >= 0.3 is 0 Å². The second-order valence-electron chi connectivity index (χ2n) is 8.91. The molecule has 1 saturated heterocycles. The van der Waals surface area contributed by atoms with Crippen molar-refractivity contribution in [3.8, 4) is 22.9 Å². The molecule has 3 aromatic rings. The molecule has 2 heterocycles. The summed E-state index contributed by atoms with van der Waals surface area (Å²) in [5, 5.41) is 4.15. The molecule has 0 spiro atoms. The summed E-state index contributed by atoms with van der Waals surface area (Å²) in [7, 11) is -1.93. The van der Waals surface area contributed by atoms with Crippen molar-refractivity contribution in [1.29, 1.82) is 0 Å². The predicted molar refractivity (Wildman–Crippen MR) is 129 cm³/mol. The van der Waals surface area contributed by atoms with E-state index in [4.69, 9.17) is 14.0 Å². The van der Waals surface area contributed by atoms with Gasteiger partial charge in [0.15, 0.2) is 11.5 Å². The zero-order valence-electron chi connectivity index (χ0n) is 20.2. The molecular weight excluding hydrogens is 454 g/mol. The van der Waals surface area contributed by atoms with Crippen LogP contribution in [0.25, 0.3) is 11.4 Å². The van der Waals surface area contributed by atoms with Gasteiger partial charge in [-0.3, -0.25) is 0 Å². The third-order valence-electron chi connectivity index (χ3n) is 6.15. The lowest BCUT2D eigenvalue weighted by Gasteiger charge is -2.29. The monoisotopic (exact) mass is 485 g/mol. The fourth-order valence-electron chi connectivity index (χ4n) is 4.04. The Morgan fingerprint density at radius 1 is 1.03 bits per heavy atom. The fraction of sp³-hybridized carbons (Fsp3) is 0.440. The van der Waals surface area contributed by atoms with Crippen LogP contribution in [0, 0.1) is 13.8 Å². The SMILES string of the molecule is COc1cc(-c2noc(C3CCN(S(=O)(=O)c4ccc(C)c(C)c4)CC3)n2)ccc1OC(C)C. The largest absolute Gasteiger partial charge is 0.493 e. The van der Waals surface area contributed by atoms with Gasteiger partial charge in [-0.15, -0.1) is 0 Å². The van der Waals surface area contributed by atoms with Crippen molar-refractivity contribution in [2.24, 2.45) is 0 Å². The lowest BCUT2D eigenvalue weighted by Crippen LogP contribution is -2.38. The molecule has 1 aliphatic heterocycles. The lowest BCUT2D eigenvalue weighted by atomic mass is 9.98. The second-order valence-corrected chi connectivity index (χ2v) is 10.9. The minimum absolute atomic E-state index is 0.0119. The van der Waals surface area contributed by atoms with Crippen molar-refractivity contribution in [3.05, 3.63) is 53.4 Å². The van der Waals surface area contributed by atoms with E-state index in [-0.39, 0.29) is 12.0 Å². The number of piperidine rings is 1. The molecule has 34 heavy (non-hydrogen) atoms. The molecule has 0 unspecified atom stereocenters. The van der Waals surface area contributed by atoms with Crippen LogP contribution in [0.2, 0.25) is 0 Å². The normalized spacial score (nSPS) is 15.6. The van der Waals surface area contributed by atoms with Gasteiger partial charge in [-0.05, 0) is 82.0 Å². The summed E-state index contributed by atoms with van der Waals surface area (Å²) in [5.41, 5.74) is 2.80. The number of nitrogens with zero attached hydrogens (tertiary/aromatic N) is 3. The molecule has 182 valence electrons. The third-order valence-corrected chi connectivity index (χ3v) is 8.04. The first-order valence-corrected chi connectivity index (χ1v) is 12.9. The summed E-state index contributed by atoms with van der Waals surface area (Å²) >= 11 is 0. The maximum absolute atomic E-state index is 13.1. The molecule has 0 aliphatic carbocycles. The van der Waals surface area contributed by atoms with Gasteiger partial charge < -0.3 is 14.0 Å². The molecule has 1 aromatic heterocycles. The molecule has 0 radical (unpaired) electrons. The van der Waals surface area contributed by atoms with E-state index in [1.807, 2.05) is 52.0 Å². The number of aryl methyl sites for hydroxylation is 2. The van der Waals surface area contributed by atoms with Crippen LogP contribution in [0.5, 0.6) is 11.5 Å². The number of methoxy groups -OCH3 is 1. The van der Waals surface area contributed by atoms with Crippen LogP contribution in [-0.4, -0.2) is 49.2 Å². The molecule has 0 bridgehead atoms. The van der Waals surface area contributed by atoms with Gasteiger partial charge in [-0.25, -0.2) is 8.42 Å². The van der Waals surface area contributed by atoms with Crippen LogP contribution in [0.15, 0.2) is 45.8 Å². The molecule has 0 saturated carbocycles. The van der Waals surface area contributed by atoms with E-state index in [0.29, 0.717) is 54.0 Å². The average Bonchev–Trinajstić information content (AvgIpc) is 3.31. The zero-order chi connectivity index (χ0) is 24.5. The van der Waals surface area contributed by atoms with Crippen LogP contribution in [-0.2, 0) is 10.0 Å². The molecule has 4 rings (SSSR count). The van der Waals surface area contributed by atoms with E-state index in [0.717, 1.165) is 16.7 Å². The highest BCUT2D eigenvalue weighted by Crippen LogP contribution is 2.34. The smallest absolute Gasteiger partial charge is 0.243 e. The van der Waals surface area contributed by atoms with E-state index in [2.05, 4.69) is 10.1 Å². The highest BCUT2D eigenvalue weighted by Gasteiger charge is 2.32. The maximum atomic E-state index is 13.1. The Bertz CT molecular complexity index is 1260. The Kier molecular flexibility index (Phi) is 6.95. The average molecular weight is 486 g/mol. The van der Waals surface area contributed by atoms with E-state index >= 15 is 0 Å². The predicted octanol–water partition coefficient (Wildman–Crippen LogP) is 4.72. The standard InChI is InChI=1S/C25H31N3O5S/c1-16(2)32-22-9-7-20(15-23(22)31-5)24-26-25(33-27-24)19-10-12-28(13-11-19)34(29,30)21-8-6-17(3)18(4)14-21/h6-9,14-16,19H,10-13H2,1-5H3. The van der Waals surface area contributed by atoms with Crippen molar-refractivity contribution in [2.75, 3.05) is 20.2 Å². The summed E-state index contributed by atoms with van der Waals surface area (Å²) in [6.07, 6.45) is 1.27. The molecule has 1 aliphatic rings. The molecular formula is C25H31N3O5S. The van der Waals surface area contributed by atoms with Crippen molar-refractivity contribution < 1.29 is 22.4 Å². The molecule has 8 nitrogen and oxygen atoms in total. The van der Waals surface area contributed by atoms with E-state index in [9.17, 15) is 8.42 Å². The lowest BCUT2D eigenvalue weighted by molar-refractivity contribution is 0.230. The Balaban J connectivity index is 1.45. The number of hydrogen-bond acceptors (Lipinski definition) is 7. The Morgan fingerprint density at radius 2 is 1.76 bits per heavy atom. The van der Waals surface area contributed by atoms with E-state index in [1.54, 1.807) is 23.5 Å². The topological polar surface area (TPSA) is 94.8 Å². The molecule has 0 atom stereocenters. The van der Waals surface area contributed by atoms with Crippen LogP contribution in [0.4, 0.5) is 0 Å². The van der Waals surface area contributed by atoms with Crippen LogP contribution >= 0.6 is 0 Å². The number of benzene rings is 2. The summed E-state index contributed by atoms with van der Waals surface area (Å²) < 4.78 is 44.5. The number of rotatable bonds is 7. The molecule has 0 N–H and O–H groups in total. The molecule has 2 aromatic carbocycles. The van der Waals surface area contributed by atoms with Crippen molar-refractivity contribution in [1.82, 2.24) is 14.4 Å². The number of aromatic nitrogens is 2. The van der Waals surface area contributed by atoms with Gasteiger partial charge in [0, 0.05) is 24.6 Å². The summed E-state index contributed by atoms with van der Waals surface area (Å²) in [6, 6.07) is 10.8. The van der Waals surface area contributed by atoms with Crippen LogP contribution < -0.4 is 9.47 Å². The van der Waals surface area contributed by atoms with Crippen molar-refractivity contribution in [3.63, 3.8) is 0 Å². The molecule has 9 heteroatoms. The quantitative estimate of drug-likeness (QED) is 0.478. The Hall–Kier alpha value is -2.91. The number of hydrogen-bond donors (Lipinski definition) is 0. The number of sulfonamides is 1. The Morgan fingerprint density at radius 3 is 2.41 bits per heavy atom. The summed E-state index contributed by atoms with van der Waals surface area (Å²) in [6.45, 7) is 8.63. The molecule has 0 amide bonds. The third kappa shape index (κ3) is 4.95. The van der Waals surface area contributed by atoms with Gasteiger partial charge in [0.25, 0.3) is 0 Å². The first-order chi connectivity index (χ1) is 16.2. The van der Waals surface area contributed by atoms with Crippen molar-refractivity contribution >= 4 is 10.0 Å². The first-order valence-electron chi connectivity index (χ1n) is 11.4. The Labute approximate surface area is 200 Å². The fourth-order valence-corrected chi connectivity index (χ4v) is 5.60. The van der Waals surface area contributed by atoms with Gasteiger partial charge in [0.05, 0.1) is 18.1 Å². The minimum atomic E-state index is -3.52. The van der Waals surface area contributed by atoms with Gasteiger partial charge in [-0.2, -0.15) is 9.29 Å². The van der Waals surface area contributed by atoms with Gasteiger partial charge in [-0.1, -0.05) is 11.2 Å². The second kappa shape index (κ2) is 9.76. The van der Waals surface area contributed by atoms with E-state index in [1.165, 1.54) is 0 Å². The zero-order valence-corrected chi connectivity index (χ0v) is 21.1. The van der Waals surface area contributed by atoms with Crippen LogP contribution in [0.3, 0.4) is 0 Å². The summed E-state index contributed by atoms with van der Waals surface area (Å²) in [4.78, 5) is 4.94. The van der Waals surface area contributed by atoms with E-state index < -0.39 is 10.0 Å².